The molecule has 0 bridgehead atoms. The predicted octanol–water partition coefficient (Wildman–Crippen LogP) is 4.50. The lowest BCUT2D eigenvalue weighted by molar-refractivity contribution is 0.410. The molecule has 0 saturated heterocycles. The molecule has 0 heterocycles. The summed E-state index contributed by atoms with van der Waals surface area (Å²) in [6.45, 7) is 4.69. The maximum atomic E-state index is 14.3. The second-order valence-electron chi connectivity index (χ2n) is 4.94. The Kier molecular flexibility index (Phi) is 5.21. The van der Waals surface area contributed by atoms with Gasteiger partial charge in [-0.3, -0.25) is 0 Å². The van der Waals surface area contributed by atoms with Crippen molar-refractivity contribution < 1.29 is 9.13 Å². The molecule has 2 nitrogen and oxygen atoms in total. The Morgan fingerprint density at radius 1 is 1.24 bits per heavy atom. The molecule has 2 aromatic rings. The molecule has 0 aliphatic carbocycles. The Morgan fingerprint density at radius 3 is 2.57 bits per heavy atom. The van der Waals surface area contributed by atoms with Crippen molar-refractivity contribution in [2.75, 3.05) is 13.7 Å². The van der Waals surface area contributed by atoms with Gasteiger partial charge in [-0.25, -0.2) is 4.39 Å². The van der Waals surface area contributed by atoms with E-state index in [0.717, 1.165) is 17.7 Å². The summed E-state index contributed by atoms with van der Waals surface area (Å²) in [6, 6.07) is 10.4. The number of hydrogen-bond acceptors (Lipinski definition) is 2. The molecule has 0 aliphatic heterocycles. The lowest BCUT2D eigenvalue weighted by atomic mass is 9.96. The van der Waals surface area contributed by atoms with Gasteiger partial charge in [-0.2, -0.15) is 0 Å². The minimum Gasteiger partial charge on any atom is -0.497 e. The first-order valence-corrected chi connectivity index (χ1v) is 7.27. The van der Waals surface area contributed by atoms with Gasteiger partial charge in [-0.05, 0) is 42.8 Å². The van der Waals surface area contributed by atoms with Gasteiger partial charge in [-0.1, -0.05) is 30.7 Å². The SMILES string of the molecule is CCNC(c1cc(C)cc(Cl)c1)c1ccc(OC)cc1F. The van der Waals surface area contributed by atoms with Crippen molar-refractivity contribution in [2.45, 2.75) is 19.9 Å². The molecule has 0 aromatic heterocycles. The molecule has 2 aromatic carbocycles. The molecule has 1 unspecified atom stereocenters. The fraction of sp³-hybridized carbons (Fsp3) is 0.294. The largest absolute Gasteiger partial charge is 0.497 e. The zero-order valence-corrected chi connectivity index (χ0v) is 13.2. The van der Waals surface area contributed by atoms with Crippen LogP contribution in [0.15, 0.2) is 36.4 Å². The van der Waals surface area contributed by atoms with Gasteiger partial charge in [0.15, 0.2) is 0 Å². The van der Waals surface area contributed by atoms with Crippen molar-refractivity contribution in [3.05, 3.63) is 63.9 Å². The quantitative estimate of drug-likeness (QED) is 0.878. The molecule has 0 fully saturated rings. The van der Waals surface area contributed by atoms with Gasteiger partial charge in [0.1, 0.15) is 11.6 Å². The smallest absolute Gasteiger partial charge is 0.132 e. The van der Waals surface area contributed by atoms with E-state index < -0.39 is 0 Å². The average Bonchev–Trinajstić information content (AvgIpc) is 2.44. The summed E-state index contributed by atoms with van der Waals surface area (Å²) in [5.41, 5.74) is 2.58. The highest BCUT2D eigenvalue weighted by atomic mass is 35.5. The Hall–Kier alpha value is -1.58. The van der Waals surface area contributed by atoms with Crippen molar-refractivity contribution in [2.24, 2.45) is 0 Å². The first-order chi connectivity index (χ1) is 10.0. The molecule has 1 atom stereocenters. The molecule has 112 valence electrons. The lowest BCUT2D eigenvalue weighted by Gasteiger charge is -2.20. The van der Waals surface area contributed by atoms with E-state index in [1.807, 2.05) is 32.0 Å². The number of nitrogens with one attached hydrogen (secondary N) is 1. The molecule has 0 aliphatic rings. The highest BCUT2D eigenvalue weighted by Gasteiger charge is 2.18. The summed E-state index contributed by atoms with van der Waals surface area (Å²) in [4.78, 5) is 0. The number of halogens is 2. The normalized spacial score (nSPS) is 12.2. The van der Waals surface area contributed by atoms with Gasteiger partial charge < -0.3 is 10.1 Å². The molecule has 0 spiro atoms. The van der Waals surface area contributed by atoms with Gasteiger partial charge in [0.25, 0.3) is 0 Å². The third-order valence-electron chi connectivity index (χ3n) is 3.32. The minimum absolute atomic E-state index is 0.238. The van der Waals surface area contributed by atoms with E-state index in [0.29, 0.717) is 16.3 Å². The van der Waals surface area contributed by atoms with Gasteiger partial charge >= 0.3 is 0 Å². The summed E-state index contributed by atoms with van der Waals surface area (Å²) in [5, 5.41) is 3.96. The number of hydrogen-bond donors (Lipinski definition) is 1. The molecular formula is C17H19ClFNO. The van der Waals surface area contributed by atoms with Crippen LogP contribution in [0.5, 0.6) is 5.75 Å². The van der Waals surface area contributed by atoms with Crippen molar-refractivity contribution >= 4 is 11.6 Å². The Balaban J connectivity index is 2.47. The van der Waals surface area contributed by atoms with Crippen LogP contribution in [-0.2, 0) is 0 Å². The Labute approximate surface area is 129 Å². The third-order valence-corrected chi connectivity index (χ3v) is 3.54. The van der Waals surface area contributed by atoms with Crippen molar-refractivity contribution in [1.82, 2.24) is 5.32 Å². The van der Waals surface area contributed by atoms with Crippen LogP contribution in [0, 0.1) is 12.7 Å². The van der Waals surface area contributed by atoms with Crippen LogP contribution in [0.25, 0.3) is 0 Å². The average molecular weight is 308 g/mol. The fourth-order valence-corrected chi connectivity index (χ4v) is 2.71. The molecule has 2 rings (SSSR count). The standard InChI is InChI=1S/C17H19ClFNO/c1-4-20-17(12-7-11(2)8-13(18)9-12)15-6-5-14(21-3)10-16(15)19/h5-10,17,20H,4H2,1-3H3. The highest BCUT2D eigenvalue weighted by Crippen LogP contribution is 2.29. The van der Waals surface area contributed by atoms with E-state index >= 15 is 0 Å². The molecule has 4 heteroatoms. The first-order valence-electron chi connectivity index (χ1n) is 6.89. The van der Waals surface area contributed by atoms with Gasteiger partial charge in [0.05, 0.1) is 13.2 Å². The van der Waals surface area contributed by atoms with Crippen molar-refractivity contribution in [3.8, 4) is 5.75 Å². The van der Waals surface area contributed by atoms with Crippen LogP contribution in [0.1, 0.15) is 29.7 Å². The maximum absolute atomic E-state index is 14.3. The second kappa shape index (κ2) is 6.92. The number of ether oxygens (including phenoxy) is 1. The molecule has 0 amide bonds. The second-order valence-corrected chi connectivity index (χ2v) is 5.38. The lowest BCUT2D eigenvalue weighted by Crippen LogP contribution is -2.23. The Morgan fingerprint density at radius 2 is 2.00 bits per heavy atom. The van der Waals surface area contributed by atoms with Gasteiger partial charge in [0.2, 0.25) is 0 Å². The van der Waals surface area contributed by atoms with Crippen molar-refractivity contribution in [1.29, 1.82) is 0 Å². The maximum Gasteiger partial charge on any atom is 0.132 e. The molecule has 21 heavy (non-hydrogen) atoms. The van der Waals surface area contributed by atoms with Crippen LogP contribution in [0.4, 0.5) is 4.39 Å². The first kappa shape index (κ1) is 15.8. The summed E-state index contributed by atoms with van der Waals surface area (Å²) >= 11 is 6.13. The van der Waals surface area contributed by atoms with E-state index in [1.54, 1.807) is 12.1 Å². The number of rotatable bonds is 5. The summed E-state index contributed by atoms with van der Waals surface area (Å²) in [5.74, 6) is 0.215. The molecule has 0 radical (unpaired) electrons. The zero-order chi connectivity index (χ0) is 15.4. The van der Waals surface area contributed by atoms with Crippen LogP contribution >= 0.6 is 11.6 Å². The molecule has 1 N–H and O–H groups in total. The van der Waals surface area contributed by atoms with Gasteiger partial charge in [-0.15, -0.1) is 0 Å². The fourth-order valence-electron chi connectivity index (χ4n) is 2.41. The monoisotopic (exact) mass is 307 g/mol. The number of methoxy groups -OCH3 is 1. The topological polar surface area (TPSA) is 21.3 Å². The number of aryl methyl sites for hydroxylation is 1. The van der Waals surface area contributed by atoms with E-state index in [-0.39, 0.29) is 11.9 Å². The van der Waals surface area contributed by atoms with Crippen molar-refractivity contribution in [3.63, 3.8) is 0 Å². The van der Waals surface area contributed by atoms with Crippen LogP contribution in [0.3, 0.4) is 0 Å². The zero-order valence-electron chi connectivity index (χ0n) is 12.4. The van der Waals surface area contributed by atoms with Gasteiger partial charge in [0, 0.05) is 16.7 Å². The van der Waals surface area contributed by atoms with Crippen LogP contribution < -0.4 is 10.1 Å². The molecule has 0 saturated carbocycles. The number of benzene rings is 2. The van der Waals surface area contributed by atoms with E-state index in [1.165, 1.54) is 13.2 Å². The van der Waals surface area contributed by atoms with Crippen LogP contribution in [0.2, 0.25) is 5.02 Å². The summed E-state index contributed by atoms with van der Waals surface area (Å²) in [6.07, 6.45) is 0. The minimum atomic E-state index is -0.294. The van der Waals surface area contributed by atoms with E-state index in [9.17, 15) is 4.39 Å². The predicted molar refractivity (Wildman–Crippen MR) is 84.7 cm³/mol. The van der Waals surface area contributed by atoms with E-state index in [4.69, 9.17) is 16.3 Å². The Bertz CT molecular complexity index is 610. The summed E-state index contributed by atoms with van der Waals surface area (Å²) < 4.78 is 19.4. The van der Waals surface area contributed by atoms with E-state index in [2.05, 4.69) is 5.32 Å². The molecular weight excluding hydrogens is 289 g/mol. The highest BCUT2D eigenvalue weighted by molar-refractivity contribution is 6.30. The summed E-state index contributed by atoms with van der Waals surface area (Å²) in [7, 11) is 1.52. The van der Waals surface area contributed by atoms with Crippen LogP contribution in [-0.4, -0.2) is 13.7 Å². The third kappa shape index (κ3) is 3.74.